The minimum atomic E-state index is -0.344. The van der Waals surface area contributed by atoms with Gasteiger partial charge in [0.25, 0.3) is 5.91 Å². The van der Waals surface area contributed by atoms with Gasteiger partial charge in [0.1, 0.15) is 11.5 Å². The second kappa shape index (κ2) is 9.32. The third-order valence-electron chi connectivity index (χ3n) is 3.49. The maximum Gasteiger partial charge on any atom is 0.255 e. The van der Waals surface area contributed by atoms with Crippen LogP contribution in [0.4, 0.5) is 0 Å². The van der Waals surface area contributed by atoms with Crippen molar-refractivity contribution in [3.8, 4) is 11.5 Å². The van der Waals surface area contributed by atoms with E-state index < -0.39 is 0 Å². The Bertz CT molecular complexity index is 714. The monoisotopic (exact) mass is 342 g/mol. The van der Waals surface area contributed by atoms with Gasteiger partial charge in [-0.2, -0.15) is 0 Å². The van der Waals surface area contributed by atoms with Gasteiger partial charge in [-0.1, -0.05) is 24.3 Å². The number of ether oxygens (including phenoxy) is 2. The van der Waals surface area contributed by atoms with Crippen LogP contribution in [0.15, 0.2) is 48.5 Å². The number of nitrogens with one attached hydrogen (secondary N) is 2. The molecule has 0 radical (unpaired) electrons. The lowest BCUT2D eigenvalue weighted by Gasteiger charge is -2.11. The van der Waals surface area contributed by atoms with Crippen LogP contribution in [0.3, 0.4) is 0 Å². The maximum atomic E-state index is 12.2. The third-order valence-corrected chi connectivity index (χ3v) is 3.49. The molecule has 0 unspecified atom stereocenters. The van der Waals surface area contributed by atoms with Crippen molar-refractivity contribution < 1.29 is 19.1 Å². The summed E-state index contributed by atoms with van der Waals surface area (Å²) in [5.74, 6) is 0.651. The molecular formula is C19H22N2O4. The van der Waals surface area contributed by atoms with Crippen molar-refractivity contribution in [2.45, 2.75) is 13.5 Å². The lowest BCUT2D eigenvalue weighted by Crippen LogP contribution is -2.36. The molecule has 6 heteroatoms. The molecule has 0 atom stereocenters. The molecule has 0 aliphatic heterocycles. The van der Waals surface area contributed by atoms with Gasteiger partial charge in [-0.25, -0.2) is 0 Å². The Labute approximate surface area is 147 Å². The topological polar surface area (TPSA) is 76.7 Å². The normalized spacial score (nSPS) is 10.0. The van der Waals surface area contributed by atoms with Crippen LogP contribution in [0.5, 0.6) is 11.5 Å². The Morgan fingerprint density at radius 2 is 1.72 bits per heavy atom. The number of hydrogen-bond donors (Lipinski definition) is 2. The van der Waals surface area contributed by atoms with E-state index in [-0.39, 0.29) is 18.4 Å². The van der Waals surface area contributed by atoms with Gasteiger partial charge in [-0.05, 0) is 36.8 Å². The van der Waals surface area contributed by atoms with Crippen molar-refractivity contribution >= 4 is 11.8 Å². The number of carbonyl (C=O) groups is 2. The van der Waals surface area contributed by atoms with Crippen molar-refractivity contribution in [2.24, 2.45) is 0 Å². The zero-order chi connectivity index (χ0) is 18.1. The van der Waals surface area contributed by atoms with E-state index in [1.165, 1.54) is 0 Å². The molecule has 0 heterocycles. The maximum absolute atomic E-state index is 12.2. The third kappa shape index (κ3) is 5.53. The van der Waals surface area contributed by atoms with Crippen molar-refractivity contribution in [3.63, 3.8) is 0 Å². The summed E-state index contributed by atoms with van der Waals surface area (Å²) in [7, 11) is 1.60. The Balaban J connectivity index is 1.82. The highest BCUT2D eigenvalue weighted by Crippen LogP contribution is 2.17. The molecule has 0 aliphatic carbocycles. The van der Waals surface area contributed by atoms with E-state index in [0.717, 1.165) is 11.3 Å². The zero-order valence-electron chi connectivity index (χ0n) is 14.4. The number of benzene rings is 2. The second-order valence-electron chi connectivity index (χ2n) is 5.24. The van der Waals surface area contributed by atoms with Crippen LogP contribution in [-0.2, 0) is 11.3 Å². The van der Waals surface area contributed by atoms with Gasteiger partial charge < -0.3 is 20.1 Å². The first kappa shape index (κ1) is 18.3. The summed E-state index contributed by atoms with van der Waals surface area (Å²) in [6.07, 6.45) is 0. The molecule has 0 aliphatic rings. The molecule has 0 spiro atoms. The van der Waals surface area contributed by atoms with Gasteiger partial charge in [0, 0.05) is 6.54 Å². The smallest absolute Gasteiger partial charge is 0.255 e. The van der Waals surface area contributed by atoms with Crippen molar-refractivity contribution in [3.05, 3.63) is 59.7 Å². The SMILES string of the molecule is CCOc1ccccc1C(=O)NCC(=O)NCc1ccc(OC)cc1. The van der Waals surface area contributed by atoms with Crippen LogP contribution in [0, 0.1) is 0 Å². The standard InChI is InChI=1S/C19H22N2O4/c1-3-25-17-7-5-4-6-16(17)19(23)21-13-18(22)20-12-14-8-10-15(24-2)11-9-14/h4-11H,3,12-13H2,1-2H3,(H,20,22)(H,21,23). The highest BCUT2D eigenvalue weighted by atomic mass is 16.5. The summed E-state index contributed by atoms with van der Waals surface area (Å²) in [5.41, 5.74) is 1.36. The lowest BCUT2D eigenvalue weighted by molar-refractivity contribution is -0.120. The Kier molecular flexibility index (Phi) is 6.83. The molecule has 132 valence electrons. The fraction of sp³-hybridized carbons (Fsp3) is 0.263. The van der Waals surface area contributed by atoms with Gasteiger partial charge in [0.15, 0.2) is 0 Å². The van der Waals surface area contributed by atoms with Crippen molar-refractivity contribution in [1.82, 2.24) is 10.6 Å². The van der Waals surface area contributed by atoms with Crippen LogP contribution in [0.2, 0.25) is 0 Å². The fourth-order valence-corrected chi connectivity index (χ4v) is 2.20. The van der Waals surface area contributed by atoms with E-state index in [1.807, 2.05) is 31.2 Å². The number of carbonyl (C=O) groups excluding carboxylic acids is 2. The van der Waals surface area contributed by atoms with Crippen molar-refractivity contribution in [2.75, 3.05) is 20.3 Å². The fourth-order valence-electron chi connectivity index (χ4n) is 2.20. The van der Waals surface area contributed by atoms with Crippen molar-refractivity contribution in [1.29, 1.82) is 0 Å². The predicted molar refractivity (Wildman–Crippen MR) is 94.8 cm³/mol. The first-order chi connectivity index (χ1) is 12.1. The number of hydrogen-bond acceptors (Lipinski definition) is 4. The minimum Gasteiger partial charge on any atom is -0.497 e. The molecule has 0 saturated carbocycles. The molecule has 0 fully saturated rings. The molecular weight excluding hydrogens is 320 g/mol. The number of para-hydroxylation sites is 1. The van der Waals surface area contributed by atoms with E-state index in [1.54, 1.807) is 31.4 Å². The second-order valence-corrected chi connectivity index (χ2v) is 5.24. The molecule has 2 amide bonds. The van der Waals surface area contributed by atoms with E-state index in [4.69, 9.17) is 9.47 Å². The largest absolute Gasteiger partial charge is 0.497 e. The highest BCUT2D eigenvalue weighted by molar-refractivity contribution is 5.98. The molecule has 0 bridgehead atoms. The first-order valence-corrected chi connectivity index (χ1v) is 8.03. The summed E-state index contributed by atoms with van der Waals surface area (Å²) in [6, 6.07) is 14.3. The first-order valence-electron chi connectivity index (χ1n) is 8.03. The number of methoxy groups -OCH3 is 1. The molecule has 0 aromatic heterocycles. The van der Waals surface area contributed by atoms with Gasteiger partial charge in [0.2, 0.25) is 5.91 Å². The summed E-state index contributed by atoms with van der Waals surface area (Å²) < 4.78 is 10.5. The Hall–Kier alpha value is -3.02. The summed E-state index contributed by atoms with van der Waals surface area (Å²) in [4.78, 5) is 24.1. The lowest BCUT2D eigenvalue weighted by atomic mass is 10.2. The Morgan fingerprint density at radius 1 is 1.00 bits per heavy atom. The summed E-state index contributed by atoms with van der Waals surface area (Å²) in [5, 5.41) is 5.36. The number of amides is 2. The van der Waals surface area contributed by atoms with E-state index in [9.17, 15) is 9.59 Å². The van der Waals surface area contributed by atoms with Crippen LogP contribution < -0.4 is 20.1 Å². The van der Waals surface area contributed by atoms with E-state index in [0.29, 0.717) is 24.5 Å². The summed E-state index contributed by atoms with van der Waals surface area (Å²) in [6.45, 7) is 2.59. The minimum absolute atomic E-state index is 0.102. The quantitative estimate of drug-likeness (QED) is 0.771. The van der Waals surface area contributed by atoms with E-state index in [2.05, 4.69) is 10.6 Å². The Morgan fingerprint density at radius 3 is 2.40 bits per heavy atom. The van der Waals surface area contributed by atoms with Gasteiger partial charge in [0.05, 0.1) is 25.8 Å². The van der Waals surface area contributed by atoms with Crippen LogP contribution >= 0.6 is 0 Å². The zero-order valence-corrected chi connectivity index (χ0v) is 14.4. The van der Waals surface area contributed by atoms with Crippen LogP contribution in [0.25, 0.3) is 0 Å². The average molecular weight is 342 g/mol. The average Bonchev–Trinajstić information content (AvgIpc) is 2.65. The predicted octanol–water partition coefficient (Wildman–Crippen LogP) is 2.14. The van der Waals surface area contributed by atoms with Gasteiger partial charge in [-0.3, -0.25) is 9.59 Å². The van der Waals surface area contributed by atoms with Gasteiger partial charge >= 0.3 is 0 Å². The summed E-state index contributed by atoms with van der Waals surface area (Å²) >= 11 is 0. The van der Waals surface area contributed by atoms with E-state index >= 15 is 0 Å². The molecule has 2 aromatic carbocycles. The highest BCUT2D eigenvalue weighted by Gasteiger charge is 2.12. The molecule has 2 rings (SSSR count). The molecule has 25 heavy (non-hydrogen) atoms. The van der Waals surface area contributed by atoms with Gasteiger partial charge in [-0.15, -0.1) is 0 Å². The molecule has 6 nitrogen and oxygen atoms in total. The van der Waals surface area contributed by atoms with Crippen LogP contribution in [-0.4, -0.2) is 32.1 Å². The van der Waals surface area contributed by atoms with Crippen LogP contribution in [0.1, 0.15) is 22.8 Å². The molecule has 2 aromatic rings. The molecule has 0 saturated heterocycles. The number of rotatable bonds is 8. The molecule has 2 N–H and O–H groups in total.